The van der Waals surface area contributed by atoms with Gasteiger partial charge in [0.2, 0.25) is 5.43 Å². The average Bonchev–Trinajstić information content (AvgIpc) is 2.68. The highest BCUT2D eigenvalue weighted by atomic mass is 16.5. The topological polar surface area (TPSA) is 130 Å². The number of hydrogen-bond acceptors (Lipinski definition) is 8. The number of fused-ring (bicyclic) bond motifs is 2. The molecule has 144 valence electrons. The van der Waals surface area contributed by atoms with E-state index in [2.05, 4.69) is 0 Å². The number of aliphatic hydroxyl groups excluding tert-OH is 3. The number of benzene rings is 2. The summed E-state index contributed by atoms with van der Waals surface area (Å²) in [6.45, 7) is -1.14. The van der Waals surface area contributed by atoms with Crippen molar-refractivity contribution in [2.24, 2.45) is 0 Å². The summed E-state index contributed by atoms with van der Waals surface area (Å²) in [4.78, 5) is 13.1. The van der Waals surface area contributed by atoms with Crippen molar-refractivity contribution in [2.45, 2.75) is 12.0 Å². The Morgan fingerprint density at radius 1 is 1.07 bits per heavy atom. The quantitative estimate of drug-likeness (QED) is 0.471. The number of aromatic hydroxyl groups is 1. The largest absolute Gasteiger partial charge is 0.507 e. The van der Waals surface area contributed by atoms with Crippen LogP contribution < -0.4 is 14.9 Å². The van der Waals surface area contributed by atoms with Crippen LogP contribution in [-0.4, -0.2) is 54.0 Å². The van der Waals surface area contributed by atoms with Gasteiger partial charge in [0.15, 0.2) is 0 Å². The normalized spacial score (nSPS) is 13.7. The van der Waals surface area contributed by atoms with E-state index >= 15 is 0 Å². The molecule has 8 nitrogen and oxygen atoms in total. The first-order valence-electron chi connectivity index (χ1n) is 8.21. The number of phenolic OH excluding ortho intramolecular Hbond substituents is 1. The van der Waals surface area contributed by atoms with E-state index in [1.54, 1.807) is 0 Å². The van der Waals surface area contributed by atoms with Gasteiger partial charge in [-0.25, -0.2) is 0 Å². The zero-order valence-corrected chi connectivity index (χ0v) is 14.8. The molecule has 0 aliphatic carbocycles. The molecule has 0 aliphatic rings. The molecule has 1 heterocycles. The van der Waals surface area contributed by atoms with Gasteiger partial charge in [-0.1, -0.05) is 6.07 Å². The van der Waals surface area contributed by atoms with Crippen molar-refractivity contribution in [2.75, 3.05) is 27.4 Å². The Hall–Kier alpha value is -2.81. The highest BCUT2D eigenvalue weighted by Crippen LogP contribution is 2.41. The van der Waals surface area contributed by atoms with Crippen LogP contribution in [0.15, 0.2) is 33.5 Å². The number of phenols is 1. The molecule has 4 N–H and O–H groups in total. The molecule has 3 aromatic rings. The first-order chi connectivity index (χ1) is 13.0. The summed E-state index contributed by atoms with van der Waals surface area (Å²) in [7, 11) is 2.75. The SMILES string of the molecule is COc1cc(OC)c2c(=O)c3c(O)cccc3oc2c1[C@@H](CO)[C@H](O)CO. The third kappa shape index (κ3) is 2.97. The molecular formula is C19H20O8. The Bertz CT molecular complexity index is 1040. The van der Waals surface area contributed by atoms with Gasteiger partial charge >= 0.3 is 0 Å². The Balaban J connectivity index is 2.55. The summed E-state index contributed by atoms with van der Waals surface area (Å²) >= 11 is 0. The molecule has 0 saturated carbocycles. The first-order valence-corrected chi connectivity index (χ1v) is 8.21. The molecule has 2 aromatic carbocycles. The van der Waals surface area contributed by atoms with Crippen LogP contribution in [0.5, 0.6) is 17.2 Å². The molecule has 1 aromatic heterocycles. The maximum atomic E-state index is 13.1. The average molecular weight is 376 g/mol. The van der Waals surface area contributed by atoms with Crippen molar-refractivity contribution in [3.8, 4) is 17.2 Å². The molecule has 0 saturated heterocycles. The van der Waals surface area contributed by atoms with Crippen molar-refractivity contribution in [1.29, 1.82) is 0 Å². The maximum Gasteiger partial charge on any atom is 0.208 e. The summed E-state index contributed by atoms with van der Waals surface area (Å²) in [5.41, 5.74) is -0.139. The zero-order chi connectivity index (χ0) is 19.7. The fourth-order valence-electron chi connectivity index (χ4n) is 3.23. The van der Waals surface area contributed by atoms with E-state index in [-0.39, 0.29) is 44.8 Å². The molecule has 8 heteroatoms. The van der Waals surface area contributed by atoms with E-state index in [0.29, 0.717) is 0 Å². The Labute approximate surface area is 153 Å². The second kappa shape index (κ2) is 7.43. The molecule has 0 amide bonds. The maximum absolute atomic E-state index is 13.1. The Morgan fingerprint density at radius 3 is 2.37 bits per heavy atom. The standard InChI is InChI=1S/C19H20O8/c1-25-13-6-14(26-2)17-18(24)16-10(22)4-3-5-12(16)27-19(17)15(13)9(7-20)11(23)8-21/h3-6,9,11,20-23H,7-8H2,1-2H3/t9-,11+/m0/s1. The minimum atomic E-state index is -1.31. The van der Waals surface area contributed by atoms with Gasteiger partial charge in [-0.2, -0.15) is 0 Å². The summed E-state index contributed by atoms with van der Waals surface area (Å²) in [5, 5.41) is 39.4. The van der Waals surface area contributed by atoms with Crippen LogP contribution in [0, 0.1) is 0 Å². The van der Waals surface area contributed by atoms with Crippen molar-refractivity contribution >= 4 is 21.9 Å². The monoisotopic (exact) mass is 376 g/mol. The van der Waals surface area contributed by atoms with Crippen molar-refractivity contribution in [3.05, 3.63) is 40.1 Å². The van der Waals surface area contributed by atoms with E-state index in [1.807, 2.05) is 0 Å². The lowest BCUT2D eigenvalue weighted by Gasteiger charge is -2.23. The van der Waals surface area contributed by atoms with Crippen molar-refractivity contribution in [1.82, 2.24) is 0 Å². The number of ether oxygens (including phenoxy) is 2. The molecule has 27 heavy (non-hydrogen) atoms. The van der Waals surface area contributed by atoms with Gasteiger partial charge in [-0.3, -0.25) is 4.79 Å². The van der Waals surface area contributed by atoms with E-state index in [0.717, 1.165) is 0 Å². The van der Waals surface area contributed by atoms with Crippen molar-refractivity contribution in [3.63, 3.8) is 0 Å². The van der Waals surface area contributed by atoms with Gasteiger partial charge in [-0.05, 0) is 12.1 Å². The molecule has 0 radical (unpaired) electrons. The third-order valence-corrected chi connectivity index (χ3v) is 4.57. The lowest BCUT2D eigenvalue weighted by molar-refractivity contribution is 0.0520. The van der Waals surface area contributed by atoms with Gasteiger partial charge < -0.3 is 34.3 Å². The van der Waals surface area contributed by atoms with Gasteiger partial charge in [-0.15, -0.1) is 0 Å². The smallest absolute Gasteiger partial charge is 0.208 e. The predicted molar refractivity (Wildman–Crippen MR) is 97.7 cm³/mol. The summed E-state index contributed by atoms with van der Waals surface area (Å²) < 4.78 is 16.5. The fraction of sp³-hybridized carbons (Fsp3) is 0.316. The lowest BCUT2D eigenvalue weighted by Crippen LogP contribution is -2.26. The molecule has 3 rings (SSSR count). The second-order valence-corrected chi connectivity index (χ2v) is 6.02. The predicted octanol–water partition coefficient (Wildman–Crippen LogP) is 1.10. The van der Waals surface area contributed by atoms with E-state index in [1.165, 1.54) is 38.5 Å². The van der Waals surface area contributed by atoms with Gasteiger partial charge in [0, 0.05) is 17.5 Å². The van der Waals surface area contributed by atoms with Crippen LogP contribution >= 0.6 is 0 Å². The van der Waals surface area contributed by atoms with Crippen molar-refractivity contribution < 1.29 is 34.3 Å². The van der Waals surface area contributed by atoms with Gasteiger partial charge in [0.25, 0.3) is 0 Å². The molecule has 0 bridgehead atoms. The van der Waals surface area contributed by atoms with Crippen LogP contribution in [0.1, 0.15) is 11.5 Å². The summed E-state index contributed by atoms with van der Waals surface area (Å²) in [6, 6.07) is 5.85. The number of hydrogen-bond donors (Lipinski definition) is 4. The number of rotatable bonds is 6. The van der Waals surface area contributed by atoms with Crippen LogP contribution in [0.3, 0.4) is 0 Å². The molecular weight excluding hydrogens is 356 g/mol. The molecule has 0 fully saturated rings. The fourth-order valence-corrected chi connectivity index (χ4v) is 3.23. The van der Waals surface area contributed by atoms with E-state index in [4.69, 9.17) is 13.9 Å². The summed E-state index contributed by atoms with van der Waals surface area (Å²) in [6.07, 6.45) is -1.31. The van der Waals surface area contributed by atoms with Crippen LogP contribution in [-0.2, 0) is 0 Å². The van der Waals surface area contributed by atoms with Crippen LogP contribution in [0.4, 0.5) is 0 Å². The van der Waals surface area contributed by atoms with Gasteiger partial charge in [0.1, 0.15) is 39.2 Å². The second-order valence-electron chi connectivity index (χ2n) is 6.02. The molecule has 0 aliphatic heterocycles. The number of methoxy groups -OCH3 is 2. The van der Waals surface area contributed by atoms with Gasteiger partial charge in [0.05, 0.1) is 33.5 Å². The highest BCUT2D eigenvalue weighted by Gasteiger charge is 2.30. The number of aliphatic hydroxyl groups is 3. The molecule has 0 unspecified atom stereocenters. The zero-order valence-electron chi connectivity index (χ0n) is 14.8. The molecule has 2 atom stereocenters. The lowest BCUT2D eigenvalue weighted by atomic mass is 9.91. The third-order valence-electron chi connectivity index (χ3n) is 4.57. The van der Waals surface area contributed by atoms with E-state index < -0.39 is 30.7 Å². The Kier molecular flexibility index (Phi) is 5.22. The summed E-state index contributed by atoms with van der Waals surface area (Å²) in [5.74, 6) is -0.846. The highest BCUT2D eigenvalue weighted by molar-refractivity contribution is 5.98. The van der Waals surface area contributed by atoms with Crippen LogP contribution in [0.2, 0.25) is 0 Å². The Morgan fingerprint density at radius 2 is 1.78 bits per heavy atom. The van der Waals surface area contributed by atoms with E-state index in [9.17, 15) is 25.2 Å². The van der Waals surface area contributed by atoms with Crippen LogP contribution in [0.25, 0.3) is 21.9 Å². The minimum absolute atomic E-state index is 0.0114. The molecule has 0 spiro atoms. The first kappa shape index (κ1) is 19.0. The minimum Gasteiger partial charge on any atom is -0.507 e.